The number of hydrogen-bond donors (Lipinski definition) is 0. The zero-order valence-corrected chi connectivity index (χ0v) is 10.1. The third-order valence-electron chi connectivity index (χ3n) is 2.23. The topological polar surface area (TPSA) is 35.5 Å². The van der Waals surface area contributed by atoms with Crippen molar-refractivity contribution < 1.29 is 14.3 Å². The minimum atomic E-state index is -0.477. The lowest BCUT2D eigenvalue weighted by Gasteiger charge is -2.10. The molecule has 0 radical (unpaired) electrons. The monoisotopic (exact) mass is 234 g/mol. The van der Waals surface area contributed by atoms with Crippen LogP contribution in [0.15, 0.2) is 36.9 Å². The van der Waals surface area contributed by atoms with Gasteiger partial charge in [0, 0.05) is 6.08 Å². The van der Waals surface area contributed by atoms with E-state index in [1.165, 1.54) is 0 Å². The van der Waals surface area contributed by atoms with Gasteiger partial charge in [-0.15, -0.1) is 0 Å². The average Bonchev–Trinajstić information content (AvgIpc) is 2.36. The molecule has 0 aliphatic heterocycles. The van der Waals surface area contributed by atoms with Crippen LogP contribution in [0.1, 0.15) is 26.2 Å². The lowest BCUT2D eigenvalue weighted by Crippen LogP contribution is -2.05. The van der Waals surface area contributed by atoms with Crippen LogP contribution in [0.4, 0.5) is 0 Å². The highest BCUT2D eigenvalue weighted by molar-refractivity contribution is 5.83. The molecule has 0 bridgehead atoms. The van der Waals surface area contributed by atoms with Crippen LogP contribution < -0.4 is 9.47 Å². The number of hydrogen-bond acceptors (Lipinski definition) is 3. The molecule has 3 nitrogen and oxygen atoms in total. The van der Waals surface area contributed by atoms with Gasteiger partial charge < -0.3 is 9.47 Å². The molecule has 92 valence electrons. The van der Waals surface area contributed by atoms with Gasteiger partial charge in [-0.2, -0.15) is 0 Å². The predicted octanol–water partition coefficient (Wildman–Crippen LogP) is 3.35. The number of rotatable bonds is 7. The Morgan fingerprint density at radius 3 is 2.65 bits per heavy atom. The molecule has 1 rings (SSSR count). The van der Waals surface area contributed by atoms with Gasteiger partial charge in [-0.05, 0) is 18.6 Å². The average molecular weight is 234 g/mol. The summed E-state index contributed by atoms with van der Waals surface area (Å²) >= 11 is 0. The first kappa shape index (κ1) is 13.3. The normalized spacial score (nSPS) is 9.71. The molecule has 1 aromatic carbocycles. The van der Waals surface area contributed by atoms with E-state index in [-0.39, 0.29) is 0 Å². The Balaban J connectivity index is 2.57. The Hall–Kier alpha value is -1.77. The Bertz CT molecular complexity index is 371. The SMILES string of the molecule is C=CC(=O)Oc1ccccc1OCCCCC. The van der Waals surface area contributed by atoms with E-state index < -0.39 is 5.97 Å². The van der Waals surface area contributed by atoms with E-state index in [4.69, 9.17) is 9.47 Å². The second-order valence-corrected chi connectivity index (χ2v) is 3.63. The van der Waals surface area contributed by atoms with Crippen LogP contribution in [0.3, 0.4) is 0 Å². The molecule has 3 heteroatoms. The number of carbonyl (C=O) groups excluding carboxylic acids is 1. The van der Waals surface area contributed by atoms with Crippen molar-refractivity contribution in [3.63, 3.8) is 0 Å². The van der Waals surface area contributed by atoms with Crippen molar-refractivity contribution in [1.82, 2.24) is 0 Å². The van der Waals surface area contributed by atoms with Gasteiger partial charge >= 0.3 is 5.97 Å². The minimum absolute atomic E-state index is 0.439. The van der Waals surface area contributed by atoms with E-state index in [1.54, 1.807) is 18.2 Å². The van der Waals surface area contributed by atoms with Gasteiger partial charge in [0.2, 0.25) is 0 Å². The first-order valence-electron chi connectivity index (χ1n) is 5.84. The Morgan fingerprint density at radius 1 is 1.29 bits per heavy atom. The zero-order chi connectivity index (χ0) is 12.5. The smallest absolute Gasteiger partial charge is 0.335 e. The molecule has 0 saturated heterocycles. The molecule has 0 amide bonds. The van der Waals surface area contributed by atoms with Gasteiger partial charge in [-0.3, -0.25) is 0 Å². The van der Waals surface area contributed by atoms with Crippen LogP contribution in [0.25, 0.3) is 0 Å². The van der Waals surface area contributed by atoms with Crippen molar-refractivity contribution in [2.75, 3.05) is 6.61 Å². The molecular weight excluding hydrogens is 216 g/mol. The van der Waals surface area contributed by atoms with Crippen LogP contribution >= 0.6 is 0 Å². The zero-order valence-electron chi connectivity index (χ0n) is 10.1. The number of unbranched alkanes of at least 4 members (excludes halogenated alkanes) is 2. The molecule has 0 unspecified atom stereocenters. The van der Waals surface area contributed by atoms with Crippen molar-refractivity contribution in [1.29, 1.82) is 0 Å². The Kier molecular flexibility index (Phi) is 5.86. The lowest BCUT2D eigenvalue weighted by molar-refractivity contribution is -0.129. The number of benzene rings is 1. The summed E-state index contributed by atoms with van der Waals surface area (Å²) in [6, 6.07) is 7.14. The maximum Gasteiger partial charge on any atom is 0.335 e. The van der Waals surface area contributed by atoms with E-state index >= 15 is 0 Å². The van der Waals surface area contributed by atoms with Crippen LogP contribution in [-0.2, 0) is 4.79 Å². The number of ether oxygens (including phenoxy) is 2. The second kappa shape index (κ2) is 7.49. The highest BCUT2D eigenvalue weighted by Crippen LogP contribution is 2.26. The first-order valence-corrected chi connectivity index (χ1v) is 5.84. The second-order valence-electron chi connectivity index (χ2n) is 3.63. The summed E-state index contributed by atoms with van der Waals surface area (Å²) in [7, 11) is 0. The number of para-hydroxylation sites is 2. The molecule has 0 aliphatic carbocycles. The summed E-state index contributed by atoms with van der Waals surface area (Å²) in [5, 5.41) is 0. The Morgan fingerprint density at radius 2 is 2.00 bits per heavy atom. The quantitative estimate of drug-likeness (QED) is 0.314. The van der Waals surface area contributed by atoms with Crippen LogP contribution in [0.5, 0.6) is 11.5 Å². The summed E-state index contributed by atoms with van der Waals surface area (Å²) in [4.78, 5) is 11.1. The third-order valence-corrected chi connectivity index (χ3v) is 2.23. The van der Waals surface area contributed by atoms with Crippen molar-refractivity contribution >= 4 is 5.97 Å². The molecule has 0 saturated carbocycles. The van der Waals surface area contributed by atoms with Gasteiger partial charge in [-0.25, -0.2) is 4.79 Å². The lowest BCUT2D eigenvalue weighted by atomic mass is 10.2. The van der Waals surface area contributed by atoms with E-state index in [0.29, 0.717) is 18.1 Å². The summed E-state index contributed by atoms with van der Waals surface area (Å²) in [5.74, 6) is 0.558. The summed E-state index contributed by atoms with van der Waals surface area (Å²) in [6.45, 7) is 6.13. The molecule has 0 N–H and O–H groups in total. The fourth-order valence-electron chi connectivity index (χ4n) is 1.34. The maximum atomic E-state index is 11.1. The summed E-state index contributed by atoms with van der Waals surface area (Å²) < 4.78 is 10.6. The van der Waals surface area contributed by atoms with Crippen molar-refractivity contribution in [2.24, 2.45) is 0 Å². The van der Waals surface area contributed by atoms with Gasteiger partial charge in [0.25, 0.3) is 0 Å². The maximum absolute atomic E-state index is 11.1. The highest BCUT2D eigenvalue weighted by atomic mass is 16.6. The predicted molar refractivity (Wildman–Crippen MR) is 67.3 cm³/mol. The van der Waals surface area contributed by atoms with Crippen molar-refractivity contribution in [3.05, 3.63) is 36.9 Å². The van der Waals surface area contributed by atoms with Crippen molar-refractivity contribution in [2.45, 2.75) is 26.2 Å². The summed E-state index contributed by atoms with van der Waals surface area (Å²) in [5.41, 5.74) is 0. The van der Waals surface area contributed by atoms with E-state index in [9.17, 15) is 4.79 Å². The van der Waals surface area contributed by atoms with E-state index in [1.807, 2.05) is 6.07 Å². The van der Waals surface area contributed by atoms with Crippen molar-refractivity contribution in [3.8, 4) is 11.5 Å². The fourth-order valence-corrected chi connectivity index (χ4v) is 1.34. The standard InChI is InChI=1S/C14H18O3/c1-3-5-8-11-16-12-9-6-7-10-13(12)17-14(15)4-2/h4,6-7,9-10H,2-3,5,8,11H2,1H3. The van der Waals surface area contributed by atoms with Crippen LogP contribution in [0, 0.1) is 0 Å². The highest BCUT2D eigenvalue weighted by Gasteiger charge is 2.06. The van der Waals surface area contributed by atoms with E-state index in [0.717, 1.165) is 25.3 Å². The molecule has 0 fully saturated rings. The minimum Gasteiger partial charge on any atom is -0.490 e. The van der Waals surface area contributed by atoms with Gasteiger partial charge in [0.1, 0.15) is 0 Å². The van der Waals surface area contributed by atoms with Gasteiger partial charge in [-0.1, -0.05) is 38.5 Å². The molecule has 0 aliphatic rings. The molecule has 0 atom stereocenters. The fraction of sp³-hybridized carbons (Fsp3) is 0.357. The van der Waals surface area contributed by atoms with Crippen LogP contribution in [0.2, 0.25) is 0 Å². The first-order chi connectivity index (χ1) is 8.27. The molecule has 0 spiro atoms. The molecule has 17 heavy (non-hydrogen) atoms. The molecular formula is C14H18O3. The molecule has 0 heterocycles. The number of carbonyl (C=O) groups is 1. The largest absolute Gasteiger partial charge is 0.490 e. The Labute approximate surface area is 102 Å². The summed E-state index contributed by atoms with van der Waals surface area (Å²) in [6.07, 6.45) is 4.42. The van der Waals surface area contributed by atoms with Gasteiger partial charge in [0.05, 0.1) is 6.61 Å². The third kappa shape index (κ3) is 4.72. The molecule has 0 aromatic heterocycles. The van der Waals surface area contributed by atoms with Gasteiger partial charge in [0.15, 0.2) is 11.5 Å². The van der Waals surface area contributed by atoms with Crippen LogP contribution in [-0.4, -0.2) is 12.6 Å². The molecule has 1 aromatic rings. The van der Waals surface area contributed by atoms with E-state index in [2.05, 4.69) is 13.5 Å². The number of esters is 1.